The van der Waals surface area contributed by atoms with E-state index in [2.05, 4.69) is 5.10 Å². The standard InChI is InChI=1S/C9H14N2O/c1-8-5-10-11(6-8)9(7-12)3-2-4-9/h5-6,12H,2-4,7H2,1H3. The highest BCUT2D eigenvalue weighted by molar-refractivity contribution is 5.05. The van der Waals surface area contributed by atoms with Crippen molar-refractivity contribution < 1.29 is 5.11 Å². The van der Waals surface area contributed by atoms with E-state index in [1.54, 1.807) is 0 Å². The molecular weight excluding hydrogens is 152 g/mol. The Hall–Kier alpha value is -0.830. The van der Waals surface area contributed by atoms with Crippen molar-refractivity contribution in [3.8, 4) is 0 Å². The van der Waals surface area contributed by atoms with E-state index in [-0.39, 0.29) is 12.1 Å². The zero-order valence-corrected chi connectivity index (χ0v) is 7.32. The minimum atomic E-state index is -0.0613. The number of aliphatic hydroxyl groups is 1. The Labute approximate surface area is 72.0 Å². The first-order valence-corrected chi connectivity index (χ1v) is 4.39. The van der Waals surface area contributed by atoms with Crippen LogP contribution < -0.4 is 0 Å². The van der Waals surface area contributed by atoms with Gasteiger partial charge >= 0.3 is 0 Å². The predicted molar refractivity (Wildman–Crippen MR) is 45.9 cm³/mol. The van der Waals surface area contributed by atoms with Crippen molar-refractivity contribution >= 4 is 0 Å². The van der Waals surface area contributed by atoms with Gasteiger partial charge in [0.1, 0.15) is 0 Å². The molecule has 1 heterocycles. The first-order valence-electron chi connectivity index (χ1n) is 4.39. The monoisotopic (exact) mass is 166 g/mol. The van der Waals surface area contributed by atoms with E-state index in [4.69, 9.17) is 0 Å². The maximum Gasteiger partial charge on any atom is 0.0857 e. The van der Waals surface area contributed by atoms with Gasteiger partial charge in [-0.15, -0.1) is 0 Å². The van der Waals surface area contributed by atoms with Crippen LogP contribution in [0.15, 0.2) is 12.4 Å². The van der Waals surface area contributed by atoms with Crippen LogP contribution >= 0.6 is 0 Å². The molecule has 0 aromatic carbocycles. The first-order chi connectivity index (χ1) is 5.77. The van der Waals surface area contributed by atoms with Gasteiger partial charge in [-0.2, -0.15) is 5.10 Å². The average molecular weight is 166 g/mol. The molecule has 1 aliphatic rings. The van der Waals surface area contributed by atoms with Gasteiger partial charge in [-0.05, 0) is 31.7 Å². The van der Waals surface area contributed by atoms with Gasteiger partial charge < -0.3 is 5.11 Å². The molecule has 3 heteroatoms. The molecule has 0 bridgehead atoms. The van der Waals surface area contributed by atoms with Crippen molar-refractivity contribution in [2.75, 3.05) is 6.61 Å². The Balaban J connectivity index is 2.27. The summed E-state index contributed by atoms with van der Waals surface area (Å²) in [6.45, 7) is 2.24. The van der Waals surface area contributed by atoms with Crippen molar-refractivity contribution in [2.45, 2.75) is 31.7 Å². The summed E-state index contributed by atoms with van der Waals surface area (Å²) in [5.74, 6) is 0. The van der Waals surface area contributed by atoms with E-state index < -0.39 is 0 Å². The Morgan fingerprint density at radius 2 is 2.42 bits per heavy atom. The van der Waals surface area contributed by atoms with Crippen LogP contribution in [0.5, 0.6) is 0 Å². The van der Waals surface area contributed by atoms with Crippen LogP contribution in [0, 0.1) is 6.92 Å². The maximum atomic E-state index is 9.24. The molecule has 1 aromatic heterocycles. The SMILES string of the molecule is Cc1cnn(C2(CO)CCC2)c1. The first kappa shape index (κ1) is 7.80. The van der Waals surface area contributed by atoms with Crippen molar-refractivity contribution in [1.29, 1.82) is 0 Å². The Morgan fingerprint density at radius 1 is 1.67 bits per heavy atom. The molecular formula is C9H14N2O. The molecule has 0 saturated heterocycles. The Kier molecular flexibility index (Phi) is 1.68. The fourth-order valence-electron chi connectivity index (χ4n) is 1.72. The van der Waals surface area contributed by atoms with Crippen LogP contribution in [0.4, 0.5) is 0 Å². The molecule has 1 N–H and O–H groups in total. The second-order valence-corrected chi connectivity index (χ2v) is 3.70. The number of aliphatic hydroxyl groups excluding tert-OH is 1. The number of nitrogens with zero attached hydrogens (tertiary/aromatic N) is 2. The molecule has 0 radical (unpaired) electrons. The molecule has 1 saturated carbocycles. The van der Waals surface area contributed by atoms with Gasteiger partial charge in [0.25, 0.3) is 0 Å². The van der Waals surface area contributed by atoms with Gasteiger partial charge in [0, 0.05) is 6.20 Å². The number of hydrogen-bond donors (Lipinski definition) is 1. The van der Waals surface area contributed by atoms with Crippen molar-refractivity contribution in [3.05, 3.63) is 18.0 Å². The van der Waals surface area contributed by atoms with E-state index in [1.807, 2.05) is 24.0 Å². The number of aryl methyl sites for hydroxylation is 1. The van der Waals surface area contributed by atoms with Crippen molar-refractivity contribution in [1.82, 2.24) is 9.78 Å². The summed E-state index contributed by atoms with van der Waals surface area (Å²) in [5.41, 5.74) is 1.10. The van der Waals surface area contributed by atoms with Gasteiger partial charge in [-0.3, -0.25) is 4.68 Å². The largest absolute Gasteiger partial charge is 0.394 e. The van der Waals surface area contributed by atoms with Gasteiger partial charge in [0.05, 0.1) is 18.3 Å². The molecule has 0 unspecified atom stereocenters. The van der Waals surface area contributed by atoms with Crippen LogP contribution in [0.25, 0.3) is 0 Å². The molecule has 12 heavy (non-hydrogen) atoms. The van der Waals surface area contributed by atoms with Crippen LogP contribution in [0.3, 0.4) is 0 Å². The molecule has 0 amide bonds. The molecule has 3 nitrogen and oxygen atoms in total. The third kappa shape index (κ3) is 0.966. The lowest BCUT2D eigenvalue weighted by atomic mass is 9.77. The zero-order valence-electron chi connectivity index (χ0n) is 7.32. The minimum absolute atomic E-state index is 0.0613. The Morgan fingerprint density at radius 3 is 2.75 bits per heavy atom. The molecule has 0 atom stereocenters. The predicted octanol–water partition coefficient (Wildman–Crippen LogP) is 1.06. The highest BCUT2D eigenvalue weighted by Gasteiger charge is 2.38. The van der Waals surface area contributed by atoms with Crippen LogP contribution in [-0.4, -0.2) is 21.5 Å². The second-order valence-electron chi connectivity index (χ2n) is 3.70. The van der Waals surface area contributed by atoms with Crippen LogP contribution in [0.2, 0.25) is 0 Å². The lowest BCUT2D eigenvalue weighted by molar-refractivity contribution is 0.0438. The topological polar surface area (TPSA) is 38.0 Å². The Bertz CT molecular complexity index is 270. The second kappa shape index (κ2) is 2.59. The maximum absolute atomic E-state index is 9.24. The van der Waals surface area contributed by atoms with E-state index in [1.165, 1.54) is 6.42 Å². The third-order valence-corrected chi connectivity index (χ3v) is 2.78. The molecule has 1 aromatic rings. The summed E-state index contributed by atoms with van der Waals surface area (Å²) in [7, 11) is 0. The normalized spacial score (nSPS) is 20.5. The molecule has 66 valence electrons. The van der Waals surface area contributed by atoms with Gasteiger partial charge in [-0.25, -0.2) is 0 Å². The summed E-state index contributed by atoms with van der Waals surface area (Å²) in [4.78, 5) is 0. The smallest absolute Gasteiger partial charge is 0.0857 e. The molecule has 0 spiro atoms. The minimum Gasteiger partial charge on any atom is -0.394 e. The van der Waals surface area contributed by atoms with Crippen molar-refractivity contribution in [3.63, 3.8) is 0 Å². The molecule has 1 fully saturated rings. The van der Waals surface area contributed by atoms with Crippen LogP contribution in [-0.2, 0) is 5.54 Å². The summed E-state index contributed by atoms with van der Waals surface area (Å²) in [6, 6.07) is 0. The fourth-order valence-corrected chi connectivity index (χ4v) is 1.72. The number of rotatable bonds is 2. The average Bonchev–Trinajstić information content (AvgIpc) is 2.35. The highest BCUT2D eigenvalue weighted by atomic mass is 16.3. The quantitative estimate of drug-likeness (QED) is 0.713. The van der Waals surface area contributed by atoms with Gasteiger partial charge in [0.2, 0.25) is 0 Å². The highest BCUT2D eigenvalue weighted by Crippen LogP contribution is 2.38. The van der Waals surface area contributed by atoms with Crippen LogP contribution in [0.1, 0.15) is 24.8 Å². The van der Waals surface area contributed by atoms with Gasteiger partial charge in [-0.1, -0.05) is 0 Å². The lowest BCUT2D eigenvalue weighted by Crippen LogP contribution is -2.44. The van der Waals surface area contributed by atoms with E-state index in [9.17, 15) is 5.11 Å². The van der Waals surface area contributed by atoms with E-state index >= 15 is 0 Å². The molecule has 0 aliphatic heterocycles. The molecule has 2 rings (SSSR count). The number of aromatic nitrogens is 2. The zero-order chi connectivity index (χ0) is 8.60. The summed E-state index contributed by atoms with van der Waals surface area (Å²) >= 11 is 0. The summed E-state index contributed by atoms with van der Waals surface area (Å²) in [6.07, 6.45) is 7.18. The van der Waals surface area contributed by atoms with Crippen molar-refractivity contribution in [2.24, 2.45) is 0 Å². The fraction of sp³-hybridized carbons (Fsp3) is 0.667. The molecule has 1 aliphatic carbocycles. The van der Waals surface area contributed by atoms with E-state index in [0.717, 1.165) is 18.4 Å². The lowest BCUT2D eigenvalue weighted by Gasteiger charge is -2.40. The summed E-state index contributed by atoms with van der Waals surface area (Å²) in [5, 5.41) is 13.5. The van der Waals surface area contributed by atoms with Gasteiger partial charge in [0.15, 0.2) is 0 Å². The van der Waals surface area contributed by atoms with E-state index in [0.29, 0.717) is 0 Å². The third-order valence-electron chi connectivity index (χ3n) is 2.78. The summed E-state index contributed by atoms with van der Waals surface area (Å²) < 4.78 is 1.92. The number of hydrogen-bond acceptors (Lipinski definition) is 2.